The van der Waals surface area contributed by atoms with Gasteiger partial charge in [0.2, 0.25) is 5.91 Å². The SMILES string of the molecule is COC(=O)C1CCCN1C(=O)[C@H](C)NC(=O)Nc1cccc(O)c1. The van der Waals surface area contributed by atoms with E-state index in [2.05, 4.69) is 10.6 Å². The standard InChI is InChI=1S/C16H21N3O5/c1-10(14(21)19-8-4-7-13(19)15(22)24-2)17-16(23)18-11-5-3-6-12(20)9-11/h3,5-6,9-10,13,20H,4,7-8H2,1-2H3,(H2,17,18,23)/t10-,13?/m0/s1. The van der Waals surface area contributed by atoms with Crippen LogP contribution in [-0.2, 0) is 14.3 Å². The molecule has 0 spiro atoms. The van der Waals surface area contributed by atoms with Crippen molar-refractivity contribution in [3.63, 3.8) is 0 Å². The van der Waals surface area contributed by atoms with Crippen LogP contribution in [0.1, 0.15) is 19.8 Å². The number of carbonyl (C=O) groups excluding carboxylic acids is 3. The number of nitrogens with zero attached hydrogens (tertiary/aromatic N) is 1. The molecular weight excluding hydrogens is 314 g/mol. The molecule has 1 saturated heterocycles. The van der Waals surface area contributed by atoms with Crippen molar-refractivity contribution in [3.8, 4) is 5.75 Å². The van der Waals surface area contributed by atoms with E-state index in [0.717, 1.165) is 0 Å². The largest absolute Gasteiger partial charge is 0.508 e. The van der Waals surface area contributed by atoms with Gasteiger partial charge in [0.15, 0.2) is 0 Å². The molecule has 1 aromatic carbocycles. The van der Waals surface area contributed by atoms with Gasteiger partial charge in [0.25, 0.3) is 0 Å². The highest BCUT2D eigenvalue weighted by Crippen LogP contribution is 2.19. The number of ether oxygens (including phenoxy) is 1. The number of carbonyl (C=O) groups is 3. The molecule has 0 radical (unpaired) electrons. The molecule has 130 valence electrons. The quantitative estimate of drug-likeness (QED) is 0.713. The topological polar surface area (TPSA) is 108 Å². The van der Waals surface area contributed by atoms with Crippen LogP contribution in [0.5, 0.6) is 5.75 Å². The van der Waals surface area contributed by atoms with E-state index in [9.17, 15) is 19.5 Å². The second-order valence-electron chi connectivity index (χ2n) is 5.58. The molecule has 3 amide bonds. The van der Waals surface area contributed by atoms with Crippen LogP contribution in [0.2, 0.25) is 0 Å². The van der Waals surface area contributed by atoms with E-state index in [-0.39, 0.29) is 11.7 Å². The fourth-order valence-corrected chi connectivity index (χ4v) is 2.67. The lowest BCUT2D eigenvalue weighted by molar-refractivity contribution is -0.151. The van der Waals surface area contributed by atoms with Gasteiger partial charge >= 0.3 is 12.0 Å². The Balaban J connectivity index is 1.93. The van der Waals surface area contributed by atoms with Gasteiger partial charge in [0, 0.05) is 18.3 Å². The highest BCUT2D eigenvalue weighted by atomic mass is 16.5. The molecule has 1 aliphatic heterocycles. The van der Waals surface area contributed by atoms with E-state index < -0.39 is 24.1 Å². The Hall–Kier alpha value is -2.77. The maximum Gasteiger partial charge on any atom is 0.328 e. The number of methoxy groups -OCH3 is 1. The molecule has 8 heteroatoms. The number of hydrogen-bond donors (Lipinski definition) is 3. The predicted octanol–water partition coefficient (Wildman–Crippen LogP) is 1.07. The summed E-state index contributed by atoms with van der Waals surface area (Å²) in [6.45, 7) is 2.01. The number of nitrogens with one attached hydrogen (secondary N) is 2. The molecule has 8 nitrogen and oxygen atoms in total. The summed E-state index contributed by atoms with van der Waals surface area (Å²) in [5, 5.41) is 14.4. The van der Waals surface area contributed by atoms with Gasteiger partial charge in [0.05, 0.1) is 7.11 Å². The Bertz CT molecular complexity index is 634. The fourth-order valence-electron chi connectivity index (χ4n) is 2.67. The number of likely N-dealkylation sites (tertiary alicyclic amines) is 1. The van der Waals surface area contributed by atoms with Crippen LogP contribution in [0, 0.1) is 0 Å². The van der Waals surface area contributed by atoms with Crippen molar-refractivity contribution < 1.29 is 24.2 Å². The van der Waals surface area contributed by atoms with Gasteiger partial charge < -0.3 is 25.4 Å². The van der Waals surface area contributed by atoms with Crippen molar-refractivity contribution in [1.82, 2.24) is 10.2 Å². The third-order valence-electron chi connectivity index (χ3n) is 3.83. The number of benzene rings is 1. The second kappa shape index (κ2) is 7.67. The van der Waals surface area contributed by atoms with Crippen LogP contribution in [0.25, 0.3) is 0 Å². The number of phenols is 1. The summed E-state index contributed by atoms with van der Waals surface area (Å²) in [7, 11) is 1.29. The average Bonchev–Trinajstić information content (AvgIpc) is 3.02. The molecule has 2 rings (SSSR count). The highest BCUT2D eigenvalue weighted by molar-refractivity contribution is 5.95. The third kappa shape index (κ3) is 4.15. The lowest BCUT2D eigenvalue weighted by Crippen LogP contribution is -2.51. The van der Waals surface area contributed by atoms with Crippen LogP contribution in [-0.4, -0.2) is 53.7 Å². The number of aromatic hydroxyl groups is 1. The summed E-state index contributed by atoms with van der Waals surface area (Å²) >= 11 is 0. The van der Waals surface area contributed by atoms with Crippen molar-refractivity contribution in [1.29, 1.82) is 0 Å². The molecule has 0 aromatic heterocycles. The maximum absolute atomic E-state index is 12.5. The smallest absolute Gasteiger partial charge is 0.328 e. The van der Waals surface area contributed by atoms with Crippen molar-refractivity contribution in [2.45, 2.75) is 31.8 Å². The van der Waals surface area contributed by atoms with Gasteiger partial charge in [-0.05, 0) is 31.9 Å². The number of phenolic OH excluding ortho intramolecular Hbond substituents is 1. The van der Waals surface area contributed by atoms with Gasteiger partial charge in [0.1, 0.15) is 17.8 Å². The fraction of sp³-hybridized carbons (Fsp3) is 0.438. The molecule has 24 heavy (non-hydrogen) atoms. The van der Waals surface area contributed by atoms with Gasteiger partial charge in [-0.3, -0.25) is 4.79 Å². The molecule has 0 saturated carbocycles. The van der Waals surface area contributed by atoms with Crippen molar-refractivity contribution in [2.75, 3.05) is 19.0 Å². The molecule has 1 aliphatic rings. The number of esters is 1. The number of rotatable bonds is 4. The third-order valence-corrected chi connectivity index (χ3v) is 3.83. The van der Waals surface area contributed by atoms with E-state index in [4.69, 9.17) is 4.74 Å². The van der Waals surface area contributed by atoms with Gasteiger partial charge in [-0.2, -0.15) is 0 Å². The molecule has 3 N–H and O–H groups in total. The number of anilines is 1. The summed E-state index contributed by atoms with van der Waals surface area (Å²) in [5.41, 5.74) is 0.403. The molecule has 2 atom stereocenters. The van der Waals surface area contributed by atoms with E-state index >= 15 is 0 Å². The summed E-state index contributed by atoms with van der Waals surface area (Å²) in [6.07, 6.45) is 1.27. The zero-order chi connectivity index (χ0) is 17.7. The first-order valence-corrected chi connectivity index (χ1v) is 7.67. The molecule has 1 fully saturated rings. The van der Waals surface area contributed by atoms with E-state index in [1.165, 1.54) is 24.1 Å². The first kappa shape index (κ1) is 17.6. The molecule has 1 unspecified atom stereocenters. The Morgan fingerprint density at radius 1 is 1.38 bits per heavy atom. The summed E-state index contributed by atoms with van der Waals surface area (Å²) in [4.78, 5) is 37.6. The van der Waals surface area contributed by atoms with Crippen LogP contribution in [0.3, 0.4) is 0 Å². The summed E-state index contributed by atoms with van der Waals surface area (Å²) < 4.78 is 4.71. The molecule has 0 bridgehead atoms. The maximum atomic E-state index is 12.5. The van der Waals surface area contributed by atoms with Crippen LogP contribution in [0.4, 0.5) is 10.5 Å². The minimum Gasteiger partial charge on any atom is -0.508 e. The lowest BCUT2D eigenvalue weighted by Gasteiger charge is -2.26. The monoisotopic (exact) mass is 335 g/mol. The van der Waals surface area contributed by atoms with E-state index in [0.29, 0.717) is 25.1 Å². The van der Waals surface area contributed by atoms with Crippen molar-refractivity contribution >= 4 is 23.6 Å². The Morgan fingerprint density at radius 3 is 2.79 bits per heavy atom. The Labute approximate surface area is 139 Å². The van der Waals surface area contributed by atoms with E-state index in [1.807, 2.05) is 0 Å². The molecular formula is C16H21N3O5. The zero-order valence-electron chi connectivity index (χ0n) is 13.6. The Kier molecular flexibility index (Phi) is 5.62. The van der Waals surface area contributed by atoms with Crippen LogP contribution >= 0.6 is 0 Å². The Morgan fingerprint density at radius 2 is 2.12 bits per heavy atom. The number of urea groups is 1. The summed E-state index contributed by atoms with van der Waals surface area (Å²) in [6, 6.07) is 4.10. The molecule has 0 aliphatic carbocycles. The highest BCUT2D eigenvalue weighted by Gasteiger charge is 2.36. The normalized spacial score (nSPS) is 17.9. The van der Waals surface area contributed by atoms with Gasteiger partial charge in [-0.1, -0.05) is 6.07 Å². The lowest BCUT2D eigenvalue weighted by atomic mass is 10.2. The average molecular weight is 335 g/mol. The zero-order valence-corrected chi connectivity index (χ0v) is 13.6. The summed E-state index contributed by atoms with van der Waals surface area (Å²) in [5.74, 6) is -0.763. The van der Waals surface area contributed by atoms with Gasteiger partial charge in [-0.25, -0.2) is 9.59 Å². The molecule has 1 aromatic rings. The van der Waals surface area contributed by atoms with Gasteiger partial charge in [-0.15, -0.1) is 0 Å². The van der Waals surface area contributed by atoms with E-state index in [1.54, 1.807) is 19.1 Å². The minimum absolute atomic E-state index is 0.0231. The minimum atomic E-state index is -0.799. The first-order valence-electron chi connectivity index (χ1n) is 7.67. The number of amides is 3. The first-order chi connectivity index (χ1) is 11.4. The molecule has 1 heterocycles. The number of hydrogen-bond acceptors (Lipinski definition) is 5. The van der Waals surface area contributed by atoms with Crippen molar-refractivity contribution in [3.05, 3.63) is 24.3 Å². The van der Waals surface area contributed by atoms with Crippen LogP contribution < -0.4 is 10.6 Å². The van der Waals surface area contributed by atoms with Crippen LogP contribution in [0.15, 0.2) is 24.3 Å². The second-order valence-corrected chi connectivity index (χ2v) is 5.58. The predicted molar refractivity (Wildman–Crippen MR) is 86.5 cm³/mol. The van der Waals surface area contributed by atoms with Crippen molar-refractivity contribution in [2.24, 2.45) is 0 Å².